The fraction of sp³-hybridized carbons (Fsp3) is 0.150. The van der Waals surface area contributed by atoms with Crippen molar-refractivity contribution in [2.75, 3.05) is 21.3 Å². The van der Waals surface area contributed by atoms with Crippen LogP contribution >= 0.6 is 0 Å². The van der Waals surface area contributed by atoms with Crippen LogP contribution in [0.3, 0.4) is 0 Å². The second kappa shape index (κ2) is 9.27. The highest BCUT2D eigenvalue weighted by Crippen LogP contribution is 2.21. The van der Waals surface area contributed by atoms with E-state index in [9.17, 15) is 4.79 Å². The summed E-state index contributed by atoms with van der Waals surface area (Å²) < 4.78 is 15.4. The molecule has 0 radical (unpaired) electrons. The molecule has 0 saturated carbocycles. The van der Waals surface area contributed by atoms with E-state index in [2.05, 4.69) is 25.5 Å². The summed E-state index contributed by atoms with van der Waals surface area (Å²) >= 11 is 0. The van der Waals surface area contributed by atoms with Crippen LogP contribution in [-0.4, -0.2) is 48.4 Å². The molecule has 29 heavy (non-hydrogen) atoms. The van der Waals surface area contributed by atoms with Gasteiger partial charge in [0.25, 0.3) is 5.91 Å². The molecule has 2 aromatic heterocycles. The number of hydrogen-bond acceptors (Lipinski definition) is 8. The zero-order chi connectivity index (χ0) is 20.6. The number of aromatic nitrogens is 3. The molecule has 1 amide bonds. The third-order valence-corrected chi connectivity index (χ3v) is 3.86. The number of benzene rings is 1. The van der Waals surface area contributed by atoms with E-state index in [0.717, 1.165) is 0 Å². The van der Waals surface area contributed by atoms with Gasteiger partial charge in [-0.2, -0.15) is 5.10 Å². The predicted molar refractivity (Wildman–Crippen MR) is 106 cm³/mol. The van der Waals surface area contributed by atoms with E-state index in [4.69, 9.17) is 14.2 Å². The zero-order valence-electron chi connectivity index (χ0n) is 16.1. The van der Waals surface area contributed by atoms with Gasteiger partial charge in [-0.05, 0) is 18.2 Å². The molecule has 0 spiro atoms. The smallest absolute Gasteiger partial charge is 0.291 e. The van der Waals surface area contributed by atoms with Crippen molar-refractivity contribution >= 4 is 12.1 Å². The van der Waals surface area contributed by atoms with Crippen molar-refractivity contribution in [1.29, 1.82) is 0 Å². The van der Waals surface area contributed by atoms with Crippen LogP contribution in [0.15, 0.2) is 54.0 Å². The van der Waals surface area contributed by atoms with Gasteiger partial charge in [-0.15, -0.1) is 0 Å². The number of methoxy groups -OCH3 is 3. The SMILES string of the molecule is COc1cc(C=NNC(=O)c2cncc(-c3ccc(OC)nc3)n2)cc(OC)c1. The fourth-order valence-corrected chi connectivity index (χ4v) is 2.39. The molecule has 0 fully saturated rings. The number of hydrazone groups is 1. The van der Waals surface area contributed by atoms with E-state index in [1.807, 2.05) is 0 Å². The lowest BCUT2D eigenvalue weighted by Gasteiger charge is -2.06. The molecule has 1 aromatic carbocycles. The van der Waals surface area contributed by atoms with Gasteiger partial charge in [0.1, 0.15) is 17.2 Å². The molecule has 3 aromatic rings. The van der Waals surface area contributed by atoms with Crippen molar-refractivity contribution in [3.05, 3.63) is 60.2 Å². The molecule has 0 aliphatic carbocycles. The normalized spacial score (nSPS) is 10.6. The Morgan fingerprint density at radius 2 is 1.76 bits per heavy atom. The monoisotopic (exact) mass is 393 g/mol. The molecule has 9 nitrogen and oxygen atoms in total. The summed E-state index contributed by atoms with van der Waals surface area (Å²) in [5.74, 6) is 1.22. The molecule has 0 saturated heterocycles. The number of amides is 1. The first kappa shape index (κ1) is 19.7. The molecule has 1 N–H and O–H groups in total. The summed E-state index contributed by atoms with van der Waals surface area (Å²) in [5, 5.41) is 3.96. The van der Waals surface area contributed by atoms with Crippen molar-refractivity contribution in [2.45, 2.75) is 0 Å². The summed E-state index contributed by atoms with van der Waals surface area (Å²) in [6.07, 6.45) is 5.98. The topological polar surface area (TPSA) is 108 Å². The summed E-state index contributed by atoms with van der Waals surface area (Å²) in [6, 6.07) is 8.75. The minimum Gasteiger partial charge on any atom is -0.497 e. The first-order valence-corrected chi connectivity index (χ1v) is 8.52. The number of carbonyl (C=O) groups excluding carboxylic acids is 1. The first-order valence-electron chi connectivity index (χ1n) is 8.52. The summed E-state index contributed by atoms with van der Waals surface area (Å²) in [6.45, 7) is 0. The van der Waals surface area contributed by atoms with Crippen LogP contribution < -0.4 is 19.6 Å². The number of rotatable bonds is 7. The maximum Gasteiger partial charge on any atom is 0.291 e. The molecule has 2 heterocycles. The van der Waals surface area contributed by atoms with Crippen molar-refractivity contribution in [2.24, 2.45) is 5.10 Å². The minimum atomic E-state index is -0.494. The third kappa shape index (κ3) is 5.04. The Morgan fingerprint density at radius 3 is 2.38 bits per heavy atom. The Labute approximate surface area is 167 Å². The Hall–Kier alpha value is -4.01. The van der Waals surface area contributed by atoms with Gasteiger partial charge < -0.3 is 14.2 Å². The molecular formula is C20H19N5O4. The van der Waals surface area contributed by atoms with Gasteiger partial charge in [0.05, 0.1) is 45.6 Å². The Bertz CT molecular complexity index is 999. The molecule has 0 bridgehead atoms. The van der Waals surface area contributed by atoms with Crippen molar-refractivity contribution in [1.82, 2.24) is 20.4 Å². The van der Waals surface area contributed by atoms with Crippen LogP contribution in [0.4, 0.5) is 0 Å². The zero-order valence-corrected chi connectivity index (χ0v) is 16.1. The van der Waals surface area contributed by atoms with Gasteiger partial charge in [0.15, 0.2) is 0 Å². The van der Waals surface area contributed by atoms with Crippen molar-refractivity contribution < 1.29 is 19.0 Å². The molecule has 0 unspecified atom stereocenters. The Kier molecular flexibility index (Phi) is 6.31. The quantitative estimate of drug-likeness (QED) is 0.485. The first-order chi connectivity index (χ1) is 14.1. The van der Waals surface area contributed by atoms with Crippen LogP contribution in [0.5, 0.6) is 17.4 Å². The van der Waals surface area contributed by atoms with Gasteiger partial charge in [-0.25, -0.2) is 15.4 Å². The second-order valence-corrected chi connectivity index (χ2v) is 5.72. The molecular weight excluding hydrogens is 374 g/mol. The number of carbonyl (C=O) groups is 1. The van der Waals surface area contributed by atoms with E-state index in [-0.39, 0.29) is 5.69 Å². The van der Waals surface area contributed by atoms with Gasteiger partial charge in [0.2, 0.25) is 5.88 Å². The fourth-order valence-electron chi connectivity index (χ4n) is 2.39. The highest BCUT2D eigenvalue weighted by atomic mass is 16.5. The van der Waals surface area contributed by atoms with Gasteiger partial charge in [0, 0.05) is 29.5 Å². The average Bonchev–Trinajstić information content (AvgIpc) is 2.78. The molecule has 148 valence electrons. The highest BCUT2D eigenvalue weighted by Gasteiger charge is 2.10. The van der Waals surface area contributed by atoms with Crippen LogP contribution in [-0.2, 0) is 0 Å². The lowest BCUT2D eigenvalue weighted by molar-refractivity contribution is 0.0950. The Morgan fingerprint density at radius 1 is 1.00 bits per heavy atom. The number of nitrogens with zero attached hydrogens (tertiary/aromatic N) is 4. The molecule has 0 aliphatic rings. The lowest BCUT2D eigenvalue weighted by Crippen LogP contribution is -2.19. The van der Waals surface area contributed by atoms with Crippen molar-refractivity contribution in [3.63, 3.8) is 0 Å². The maximum atomic E-state index is 12.4. The van der Waals surface area contributed by atoms with Gasteiger partial charge in [-0.3, -0.25) is 9.78 Å². The van der Waals surface area contributed by atoms with Crippen LogP contribution in [0.25, 0.3) is 11.3 Å². The molecule has 3 rings (SSSR count). The van der Waals surface area contributed by atoms with Crippen LogP contribution in [0.1, 0.15) is 16.1 Å². The third-order valence-electron chi connectivity index (χ3n) is 3.86. The number of hydrogen-bond donors (Lipinski definition) is 1. The molecule has 9 heteroatoms. The average molecular weight is 393 g/mol. The van der Waals surface area contributed by atoms with Gasteiger partial charge in [-0.1, -0.05) is 0 Å². The molecule has 0 atom stereocenters. The van der Waals surface area contributed by atoms with E-state index < -0.39 is 5.91 Å². The molecule has 0 aliphatic heterocycles. The van der Waals surface area contributed by atoms with E-state index in [1.165, 1.54) is 19.5 Å². The van der Waals surface area contributed by atoms with E-state index in [0.29, 0.717) is 34.2 Å². The van der Waals surface area contributed by atoms with Crippen LogP contribution in [0, 0.1) is 0 Å². The summed E-state index contributed by atoms with van der Waals surface area (Å²) in [4.78, 5) is 24.9. The standard InChI is InChI=1S/C20H19N5O4/c1-27-15-6-13(7-16(8-15)28-2)9-23-25-20(26)18-12-21-11-17(24-18)14-4-5-19(29-3)22-10-14/h4-12H,1-3H3,(H,25,26). The number of pyridine rings is 1. The van der Waals surface area contributed by atoms with Crippen LogP contribution in [0.2, 0.25) is 0 Å². The van der Waals surface area contributed by atoms with Crippen molar-refractivity contribution in [3.8, 4) is 28.6 Å². The van der Waals surface area contributed by atoms with Gasteiger partial charge >= 0.3 is 0 Å². The number of nitrogens with one attached hydrogen (secondary N) is 1. The van der Waals surface area contributed by atoms with E-state index in [1.54, 1.807) is 56.9 Å². The summed E-state index contributed by atoms with van der Waals surface area (Å²) in [5.41, 5.74) is 4.47. The largest absolute Gasteiger partial charge is 0.497 e. The number of ether oxygens (including phenoxy) is 3. The highest BCUT2D eigenvalue weighted by molar-refractivity contribution is 5.93. The maximum absolute atomic E-state index is 12.4. The minimum absolute atomic E-state index is 0.124. The van der Waals surface area contributed by atoms with E-state index >= 15 is 0 Å². The second-order valence-electron chi connectivity index (χ2n) is 5.72. The lowest BCUT2D eigenvalue weighted by atomic mass is 10.2. The Balaban J connectivity index is 1.72. The summed E-state index contributed by atoms with van der Waals surface area (Å²) in [7, 11) is 4.65. The predicted octanol–water partition coefficient (Wildman–Crippen LogP) is 2.33.